The Balaban J connectivity index is 3.34. The van der Waals surface area contributed by atoms with Gasteiger partial charge in [-0.15, -0.1) is 11.8 Å². The van der Waals surface area contributed by atoms with E-state index in [2.05, 4.69) is 10.3 Å². The lowest BCUT2D eigenvalue weighted by Gasteiger charge is -2.14. The highest BCUT2D eigenvalue weighted by Crippen LogP contribution is 2.29. The van der Waals surface area contributed by atoms with Crippen molar-refractivity contribution in [1.29, 1.82) is 10.5 Å². The first kappa shape index (κ1) is 20.3. The number of unbranched alkanes of at least 4 members (excludes halogenated alkanes) is 1. The van der Waals surface area contributed by atoms with Crippen LogP contribution in [0.15, 0.2) is 21.5 Å². The fourth-order valence-electron chi connectivity index (χ4n) is 2.16. The first-order valence-electron chi connectivity index (χ1n) is 7.81. The molecule has 0 atom stereocenters. The van der Waals surface area contributed by atoms with Crippen molar-refractivity contribution in [2.24, 2.45) is 0 Å². The Kier molecular flexibility index (Phi) is 8.31. The normalized spacial score (nSPS) is 10.7. The lowest BCUT2D eigenvalue weighted by molar-refractivity contribution is -0.138. The maximum atomic E-state index is 12.2. The van der Waals surface area contributed by atoms with Crippen LogP contribution in [0.5, 0.6) is 0 Å². The van der Waals surface area contributed by atoms with E-state index in [1.165, 1.54) is 18.0 Å². The van der Waals surface area contributed by atoms with Crippen molar-refractivity contribution in [2.45, 2.75) is 38.0 Å². The molecule has 0 aliphatic heterocycles. The zero-order chi connectivity index (χ0) is 18.8. The average molecular weight is 360 g/mol. The van der Waals surface area contributed by atoms with Crippen molar-refractivity contribution in [3.8, 4) is 12.1 Å². The quantitative estimate of drug-likeness (QED) is 0.316. The van der Waals surface area contributed by atoms with Crippen LogP contribution < -0.4 is 10.9 Å². The Labute approximate surface area is 150 Å². The summed E-state index contributed by atoms with van der Waals surface area (Å²) in [6.07, 6.45) is 5.39. The van der Waals surface area contributed by atoms with Gasteiger partial charge in [0, 0.05) is 6.20 Å². The van der Waals surface area contributed by atoms with E-state index in [0.29, 0.717) is 22.7 Å². The molecule has 0 aliphatic carbocycles. The molecule has 0 aliphatic rings. The van der Waals surface area contributed by atoms with Crippen molar-refractivity contribution < 1.29 is 9.53 Å². The van der Waals surface area contributed by atoms with Gasteiger partial charge in [-0.3, -0.25) is 4.79 Å². The number of nitrogens with zero attached hydrogens (tertiary/aromatic N) is 2. The number of thioether (sulfide) groups is 1. The molecule has 0 spiro atoms. The monoisotopic (exact) mass is 360 g/mol. The summed E-state index contributed by atoms with van der Waals surface area (Å²) in [7, 11) is 0. The number of nitriles is 2. The number of hydrogen-bond acceptors (Lipinski definition) is 7. The van der Waals surface area contributed by atoms with Crippen molar-refractivity contribution in [2.75, 3.05) is 18.2 Å². The molecular formula is C17H20N4O3S. The largest absolute Gasteiger partial charge is 0.462 e. The number of anilines is 1. The van der Waals surface area contributed by atoms with E-state index in [9.17, 15) is 14.9 Å². The van der Waals surface area contributed by atoms with E-state index >= 15 is 0 Å². The molecule has 1 aromatic rings. The van der Waals surface area contributed by atoms with Gasteiger partial charge in [0.05, 0.1) is 11.5 Å². The minimum absolute atomic E-state index is 0.0956. The van der Waals surface area contributed by atoms with Crippen LogP contribution >= 0.6 is 11.8 Å². The van der Waals surface area contributed by atoms with E-state index in [1.807, 2.05) is 19.2 Å². The van der Waals surface area contributed by atoms with Crippen molar-refractivity contribution >= 4 is 23.5 Å². The average Bonchev–Trinajstić information content (AvgIpc) is 2.60. The highest BCUT2D eigenvalue weighted by Gasteiger charge is 2.17. The molecule has 2 N–H and O–H groups in total. The number of aromatic nitrogens is 1. The molecule has 0 radical (unpaired) electrons. The number of pyridine rings is 1. The molecule has 0 amide bonds. The molecule has 0 bridgehead atoms. The number of aromatic amines is 1. The van der Waals surface area contributed by atoms with Gasteiger partial charge in [0.15, 0.2) is 5.57 Å². The van der Waals surface area contributed by atoms with Crippen LogP contribution in [0.2, 0.25) is 0 Å². The number of ether oxygens (including phenoxy) is 1. The molecule has 132 valence electrons. The Bertz CT molecular complexity index is 800. The van der Waals surface area contributed by atoms with Crippen LogP contribution in [0.3, 0.4) is 0 Å². The molecule has 0 saturated carbocycles. The lowest BCUT2D eigenvalue weighted by atomic mass is 10.0. The summed E-state index contributed by atoms with van der Waals surface area (Å²) in [4.78, 5) is 27.1. The second-order valence-electron chi connectivity index (χ2n) is 4.97. The fourth-order valence-corrected chi connectivity index (χ4v) is 2.93. The third kappa shape index (κ3) is 5.13. The third-order valence-corrected chi connectivity index (χ3v) is 4.20. The maximum Gasteiger partial charge on any atom is 0.350 e. The molecule has 0 aromatic carbocycles. The van der Waals surface area contributed by atoms with Gasteiger partial charge < -0.3 is 15.0 Å². The number of carbonyl (C=O) groups is 1. The second-order valence-corrected chi connectivity index (χ2v) is 5.78. The minimum atomic E-state index is -0.745. The van der Waals surface area contributed by atoms with Gasteiger partial charge in [-0.05, 0) is 31.6 Å². The van der Waals surface area contributed by atoms with Crippen molar-refractivity contribution in [1.82, 2.24) is 4.98 Å². The summed E-state index contributed by atoms with van der Waals surface area (Å²) in [5.74, 6) is -0.398. The zero-order valence-corrected chi connectivity index (χ0v) is 15.2. The number of rotatable bonds is 8. The molecule has 25 heavy (non-hydrogen) atoms. The second kappa shape index (κ2) is 10.2. The lowest BCUT2D eigenvalue weighted by Crippen LogP contribution is -2.17. The standard InChI is InChI=1S/C17H20N4O3S/c1-4-6-7-12-13(9-19)16(22)21-15(14(12)25-3)20-10-11(8-18)17(23)24-5-2/h10H,4-7H2,1-3H3,(H2,20,21,22)/b11-10+. The van der Waals surface area contributed by atoms with Gasteiger partial charge in [-0.2, -0.15) is 10.5 Å². The Morgan fingerprint density at radius 2 is 2.12 bits per heavy atom. The van der Waals surface area contributed by atoms with Crippen LogP contribution in [-0.2, 0) is 16.0 Å². The molecular weight excluding hydrogens is 340 g/mol. The Hall–Kier alpha value is -2.71. The maximum absolute atomic E-state index is 12.2. The molecule has 1 rings (SSSR count). The van der Waals surface area contributed by atoms with Crippen LogP contribution in [0, 0.1) is 22.7 Å². The third-order valence-electron chi connectivity index (χ3n) is 3.34. The summed E-state index contributed by atoms with van der Waals surface area (Å²) in [5.41, 5.74) is 0.0514. The van der Waals surface area contributed by atoms with Gasteiger partial charge in [0.2, 0.25) is 0 Å². The predicted molar refractivity (Wildman–Crippen MR) is 96.1 cm³/mol. The molecule has 0 fully saturated rings. The summed E-state index contributed by atoms with van der Waals surface area (Å²) < 4.78 is 4.79. The fraction of sp³-hybridized carbons (Fsp3) is 0.412. The molecule has 8 heteroatoms. The SMILES string of the molecule is CCCCc1c(SC)c(N/C=C(\C#N)C(=O)OCC)[nH]c(=O)c1C#N. The Morgan fingerprint density at radius 3 is 2.64 bits per heavy atom. The molecule has 1 heterocycles. The summed E-state index contributed by atoms with van der Waals surface area (Å²) in [6.45, 7) is 3.82. The number of nitrogens with one attached hydrogen (secondary N) is 2. The van der Waals surface area contributed by atoms with Crippen molar-refractivity contribution in [3.05, 3.63) is 33.3 Å². The smallest absolute Gasteiger partial charge is 0.350 e. The summed E-state index contributed by atoms with van der Waals surface area (Å²) >= 11 is 1.38. The molecule has 7 nitrogen and oxygen atoms in total. The molecule has 1 aromatic heterocycles. The summed E-state index contributed by atoms with van der Waals surface area (Å²) in [5, 5.41) is 21.1. The molecule has 0 unspecified atom stereocenters. The van der Waals surface area contributed by atoms with Gasteiger partial charge in [-0.25, -0.2) is 4.79 Å². The highest BCUT2D eigenvalue weighted by molar-refractivity contribution is 7.98. The van der Waals surface area contributed by atoms with E-state index in [4.69, 9.17) is 10.00 Å². The topological polar surface area (TPSA) is 119 Å². The van der Waals surface area contributed by atoms with Crippen LogP contribution in [-0.4, -0.2) is 23.8 Å². The highest BCUT2D eigenvalue weighted by atomic mass is 32.2. The van der Waals surface area contributed by atoms with Crippen LogP contribution in [0.25, 0.3) is 0 Å². The summed E-state index contributed by atoms with van der Waals surface area (Å²) in [6, 6.07) is 3.71. The van der Waals surface area contributed by atoms with E-state index < -0.39 is 11.5 Å². The van der Waals surface area contributed by atoms with Gasteiger partial charge >= 0.3 is 5.97 Å². The van der Waals surface area contributed by atoms with Gasteiger partial charge in [-0.1, -0.05) is 13.3 Å². The first-order valence-corrected chi connectivity index (χ1v) is 9.03. The first-order chi connectivity index (χ1) is 12.0. The van der Waals surface area contributed by atoms with E-state index in [0.717, 1.165) is 12.8 Å². The predicted octanol–water partition coefficient (Wildman–Crippen LogP) is 2.69. The van der Waals surface area contributed by atoms with Gasteiger partial charge in [0.1, 0.15) is 23.5 Å². The van der Waals surface area contributed by atoms with E-state index in [1.54, 1.807) is 13.0 Å². The number of H-pyrrole nitrogens is 1. The number of esters is 1. The Morgan fingerprint density at radius 1 is 1.40 bits per heavy atom. The molecule has 0 saturated heterocycles. The van der Waals surface area contributed by atoms with Crippen molar-refractivity contribution in [3.63, 3.8) is 0 Å². The zero-order valence-electron chi connectivity index (χ0n) is 14.4. The number of carbonyl (C=O) groups excluding carboxylic acids is 1. The van der Waals surface area contributed by atoms with E-state index in [-0.39, 0.29) is 17.7 Å². The minimum Gasteiger partial charge on any atom is -0.462 e. The van der Waals surface area contributed by atoms with Crippen LogP contribution in [0.1, 0.15) is 37.8 Å². The number of hydrogen-bond donors (Lipinski definition) is 2. The van der Waals surface area contributed by atoms with Gasteiger partial charge in [0.25, 0.3) is 5.56 Å². The van der Waals surface area contributed by atoms with Crippen LogP contribution in [0.4, 0.5) is 5.82 Å².